The highest BCUT2D eigenvalue weighted by Crippen LogP contribution is 2.32. The summed E-state index contributed by atoms with van der Waals surface area (Å²) in [5, 5.41) is 4.38. The molecular formula is C22H22ClN3O4S. The molecule has 1 N–H and O–H groups in total. The number of rotatable bonds is 6. The molecule has 0 saturated carbocycles. The third-order valence-electron chi connectivity index (χ3n) is 4.69. The van der Waals surface area contributed by atoms with E-state index in [0.29, 0.717) is 58.0 Å². The number of anilines is 1. The average Bonchev–Trinajstić information content (AvgIpc) is 2.99. The Labute approximate surface area is 188 Å². The molecule has 1 aliphatic heterocycles. The molecule has 0 radical (unpaired) electrons. The summed E-state index contributed by atoms with van der Waals surface area (Å²) in [5.74, 6) is 1.19. The van der Waals surface area contributed by atoms with Crippen LogP contribution in [0.1, 0.15) is 19.8 Å². The number of nitrogens with one attached hydrogen (secondary N) is 1. The molecule has 0 aliphatic carbocycles. The topological polar surface area (TPSA) is 82.5 Å². The van der Waals surface area contributed by atoms with Crippen LogP contribution in [0, 0.1) is 0 Å². The van der Waals surface area contributed by atoms with Crippen molar-refractivity contribution in [2.45, 2.75) is 31.5 Å². The van der Waals surface area contributed by atoms with Gasteiger partial charge >= 0.3 is 0 Å². The van der Waals surface area contributed by atoms with Gasteiger partial charge < -0.3 is 14.8 Å². The molecule has 0 fully saturated rings. The van der Waals surface area contributed by atoms with E-state index in [9.17, 15) is 9.59 Å². The van der Waals surface area contributed by atoms with Crippen molar-refractivity contribution in [2.75, 3.05) is 24.3 Å². The van der Waals surface area contributed by atoms with Gasteiger partial charge in [-0.1, -0.05) is 30.3 Å². The highest BCUT2D eigenvalue weighted by Gasteiger charge is 2.15. The van der Waals surface area contributed by atoms with Crippen molar-refractivity contribution in [3.05, 3.63) is 51.8 Å². The van der Waals surface area contributed by atoms with Gasteiger partial charge in [0.15, 0.2) is 16.7 Å². The average molecular weight is 460 g/mol. The highest BCUT2D eigenvalue weighted by atomic mass is 35.5. The van der Waals surface area contributed by atoms with Crippen LogP contribution in [0.15, 0.2) is 46.3 Å². The second-order valence-corrected chi connectivity index (χ2v) is 8.44. The molecule has 0 spiro atoms. The van der Waals surface area contributed by atoms with E-state index in [1.54, 1.807) is 41.0 Å². The summed E-state index contributed by atoms with van der Waals surface area (Å²) < 4.78 is 12.9. The van der Waals surface area contributed by atoms with Crippen molar-refractivity contribution < 1.29 is 14.3 Å². The molecule has 0 bridgehead atoms. The monoisotopic (exact) mass is 459 g/mol. The SMILES string of the molecule is CCCn1c(SCC(=O)Nc2ccc3c(c2)OCCCO3)nc2cc(Cl)ccc2c1=O. The minimum Gasteiger partial charge on any atom is -0.490 e. The summed E-state index contributed by atoms with van der Waals surface area (Å²) >= 11 is 7.29. The van der Waals surface area contributed by atoms with Gasteiger partial charge in [0, 0.05) is 29.7 Å². The minimum atomic E-state index is -0.206. The summed E-state index contributed by atoms with van der Waals surface area (Å²) in [7, 11) is 0. The lowest BCUT2D eigenvalue weighted by atomic mass is 10.2. The van der Waals surface area contributed by atoms with Gasteiger partial charge in [0.05, 0.1) is 29.9 Å². The lowest BCUT2D eigenvalue weighted by molar-refractivity contribution is -0.113. The Morgan fingerprint density at radius 1 is 1.19 bits per heavy atom. The molecule has 2 heterocycles. The third-order valence-corrected chi connectivity index (χ3v) is 5.90. The first-order valence-electron chi connectivity index (χ1n) is 10.1. The number of thioether (sulfide) groups is 1. The van der Waals surface area contributed by atoms with E-state index in [1.807, 2.05) is 6.92 Å². The predicted octanol–water partition coefficient (Wildman–Crippen LogP) is 4.35. The Bertz CT molecular complexity index is 1180. The van der Waals surface area contributed by atoms with Gasteiger partial charge in [0.2, 0.25) is 5.91 Å². The van der Waals surface area contributed by atoms with Gasteiger partial charge in [-0.15, -0.1) is 0 Å². The van der Waals surface area contributed by atoms with E-state index < -0.39 is 0 Å². The molecule has 9 heteroatoms. The quantitative estimate of drug-likeness (QED) is 0.436. The van der Waals surface area contributed by atoms with Crippen molar-refractivity contribution in [1.29, 1.82) is 0 Å². The number of ether oxygens (including phenoxy) is 2. The lowest BCUT2D eigenvalue weighted by Crippen LogP contribution is -2.24. The van der Waals surface area contributed by atoms with Crippen LogP contribution in [0.5, 0.6) is 11.5 Å². The zero-order valence-corrected chi connectivity index (χ0v) is 18.6. The van der Waals surface area contributed by atoms with E-state index in [-0.39, 0.29) is 17.2 Å². The van der Waals surface area contributed by atoms with Gasteiger partial charge in [-0.25, -0.2) is 4.98 Å². The van der Waals surface area contributed by atoms with Crippen LogP contribution < -0.4 is 20.3 Å². The predicted molar refractivity (Wildman–Crippen MR) is 123 cm³/mol. The van der Waals surface area contributed by atoms with Crippen LogP contribution >= 0.6 is 23.4 Å². The van der Waals surface area contributed by atoms with Gasteiger partial charge in [-0.3, -0.25) is 14.2 Å². The molecule has 0 saturated heterocycles. The first-order chi connectivity index (χ1) is 15.0. The molecule has 162 valence electrons. The smallest absolute Gasteiger partial charge is 0.262 e. The van der Waals surface area contributed by atoms with E-state index in [2.05, 4.69) is 10.3 Å². The fraction of sp³-hybridized carbons (Fsp3) is 0.318. The fourth-order valence-corrected chi connectivity index (χ4v) is 4.26. The normalized spacial score (nSPS) is 13.1. The Balaban J connectivity index is 1.50. The highest BCUT2D eigenvalue weighted by molar-refractivity contribution is 7.99. The van der Waals surface area contributed by atoms with Crippen molar-refractivity contribution in [2.24, 2.45) is 0 Å². The number of carbonyl (C=O) groups excluding carboxylic acids is 1. The molecule has 4 rings (SSSR count). The number of halogens is 1. The zero-order valence-electron chi connectivity index (χ0n) is 17.0. The summed E-state index contributed by atoms with van der Waals surface area (Å²) in [4.78, 5) is 30.0. The third kappa shape index (κ3) is 4.97. The molecule has 1 aromatic heterocycles. The number of fused-ring (bicyclic) bond motifs is 2. The number of hydrogen-bond acceptors (Lipinski definition) is 6. The zero-order chi connectivity index (χ0) is 21.8. The number of amides is 1. The van der Waals surface area contributed by atoms with Crippen molar-refractivity contribution in [1.82, 2.24) is 9.55 Å². The van der Waals surface area contributed by atoms with E-state index in [4.69, 9.17) is 21.1 Å². The second kappa shape index (κ2) is 9.62. The van der Waals surface area contributed by atoms with Gasteiger partial charge in [0.1, 0.15) is 0 Å². The molecule has 3 aromatic rings. The van der Waals surface area contributed by atoms with E-state index in [0.717, 1.165) is 12.8 Å². The summed E-state index contributed by atoms with van der Waals surface area (Å²) in [6.45, 7) is 3.70. The van der Waals surface area contributed by atoms with Crippen LogP contribution in [0.3, 0.4) is 0 Å². The van der Waals surface area contributed by atoms with Gasteiger partial charge in [0.25, 0.3) is 5.56 Å². The number of carbonyl (C=O) groups is 1. The molecule has 0 unspecified atom stereocenters. The van der Waals surface area contributed by atoms with Crippen LogP contribution in [0.2, 0.25) is 5.02 Å². The molecule has 2 aromatic carbocycles. The standard InChI is InChI=1S/C22H22ClN3O4S/c1-2-8-26-21(28)16-6-4-14(23)11-17(16)25-22(26)31-13-20(27)24-15-5-7-18-19(12-15)30-10-3-9-29-18/h4-7,11-12H,2-3,8-10,13H2,1H3,(H,24,27). The molecule has 31 heavy (non-hydrogen) atoms. The molecule has 1 aliphatic rings. The number of nitrogens with zero attached hydrogens (tertiary/aromatic N) is 2. The summed E-state index contributed by atoms with van der Waals surface area (Å²) in [6, 6.07) is 10.3. The van der Waals surface area contributed by atoms with Crippen molar-refractivity contribution >= 4 is 45.9 Å². The number of aromatic nitrogens is 2. The largest absolute Gasteiger partial charge is 0.490 e. The summed E-state index contributed by atoms with van der Waals surface area (Å²) in [5.41, 5.74) is 1.02. The Morgan fingerprint density at radius 3 is 2.81 bits per heavy atom. The summed E-state index contributed by atoms with van der Waals surface area (Å²) in [6.07, 6.45) is 1.59. The first kappa shape index (κ1) is 21.5. The minimum absolute atomic E-state index is 0.108. The Kier molecular flexibility index (Phi) is 6.67. The van der Waals surface area contributed by atoms with Gasteiger partial charge in [-0.2, -0.15) is 0 Å². The van der Waals surface area contributed by atoms with Crippen molar-refractivity contribution in [3.8, 4) is 11.5 Å². The van der Waals surface area contributed by atoms with Crippen LogP contribution in [-0.4, -0.2) is 34.4 Å². The number of benzene rings is 2. The second-order valence-electron chi connectivity index (χ2n) is 7.06. The van der Waals surface area contributed by atoms with E-state index >= 15 is 0 Å². The molecule has 0 atom stereocenters. The molecule has 7 nitrogen and oxygen atoms in total. The van der Waals surface area contributed by atoms with E-state index in [1.165, 1.54) is 11.8 Å². The lowest BCUT2D eigenvalue weighted by Gasteiger charge is -2.13. The van der Waals surface area contributed by atoms with Crippen LogP contribution in [-0.2, 0) is 11.3 Å². The maximum Gasteiger partial charge on any atom is 0.262 e. The Morgan fingerprint density at radius 2 is 2.00 bits per heavy atom. The maximum atomic E-state index is 12.9. The Hall–Kier alpha value is -2.71. The molecular weight excluding hydrogens is 438 g/mol. The fourth-order valence-electron chi connectivity index (χ4n) is 3.27. The van der Waals surface area contributed by atoms with Crippen LogP contribution in [0.25, 0.3) is 10.9 Å². The number of hydrogen-bond donors (Lipinski definition) is 1. The molecule has 1 amide bonds. The van der Waals surface area contributed by atoms with Gasteiger partial charge in [-0.05, 0) is 36.8 Å². The first-order valence-corrected chi connectivity index (χ1v) is 11.4. The maximum absolute atomic E-state index is 12.9. The van der Waals surface area contributed by atoms with Crippen molar-refractivity contribution in [3.63, 3.8) is 0 Å². The van der Waals surface area contributed by atoms with Crippen LogP contribution in [0.4, 0.5) is 5.69 Å².